The molecule has 3 aromatic rings. The zero-order valence-electron chi connectivity index (χ0n) is 12.1. The summed E-state index contributed by atoms with van der Waals surface area (Å²) in [4.78, 5) is 12.3. The van der Waals surface area contributed by atoms with Crippen molar-refractivity contribution in [1.29, 1.82) is 0 Å². The van der Waals surface area contributed by atoms with Crippen LogP contribution >= 0.6 is 0 Å². The van der Waals surface area contributed by atoms with Crippen molar-refractivity contribution in [2.75, 3.05) is 5.32 Å². The number of benzene rings is 2. The highest BCUT2D eigenvalue weighted by atomic mass is 16.1. The third-order valence-electron chi connectivity index (χ3n) is 3.41. The van der Waals surface area contributed by atoms with Crippen molar-refractivity contribution < 1.29 is 4.79 Å². The fraction of sp³-hybridized carbons (Fsp3) is 0.176. The number of hydrogen-bond donors (Lipinski definition) is 1. The van der Waals surface area contributed by atoms with Gasteiger partial charge in [0.1, 0.15) is 0 Å². The van der Waals surface area contributed by atoms with Gasteiger partial charge in [0, 0.05) is 17.0 Å². The third-order valence-corrected chi connectivity index (χ3v) is 3.41. The maximum Gasteiger partial charge on any atom is 0.255 e. The van der Waals surface area contributed by atoms with Crippen LogP contribution in [0, 0.1) is 0 Å². The van der Waals surface area contributed by atoms with E-state index in [1.807, 2.05) is 41.1 Å². The second-order valence-electron chi connectivity index (χ2n) is 5.24. The second-order valence-corrected chi connectivity index (χ2v) is 5.24. The van der Waals surface area contributed by atoms with Crippen LogP contribution in [0.15, 0.2) is 54.7 Å². The molecule has 0 saturated carbocycles. The van der Waals surface area contributed by atoms with Crippen LogP contribution in [0.5, 0.6) is 0 Å². The average molecular weight is 279 g/mol. The Bertz CT molecular complexity index is 775. The number of carbonyl (C=O) groups is 1. The molecule has 1 N–H and O–H groups in total. The molecule has 0 aliphatic rings. The SMILES string of the molecule is CC(C)n1ncc2c(NC(=O)c3ccccc3)cccc21. The summed E-state index contributed by atoms with van der Waals surface area (Å²) in [6.07, 6.45) is 1.80. The van der Waals surface area contributed by atoms with Crippen LogP contribution in [0.4, 0.5) is 5.69 Å². The normalized spacial score (nSPS) is 11.0. The van der Waals surface area contributed by atoms with Crippen LogP contribution in [0.25, 0.3) is 10.9 Å². The van der Waals surface area contributed by atoms with Crippen LogP contribution in [0.1, 0.15) is 30.2 Å². The van der Waals surface area contributed by atoms with Gasteiger partial charge in [-0.05, 0) is 38.1 Å². The Balaban J connectivity index is 1.96. The monoisotopic (exact) mass is 279 g/mol. The fourth-order valence-corrected chi connectivity index (χ4v) is 2.38. The molecule has 0 aliphatic carbocycles. The van der Waals surface area contributed by atoms with Crippen molar-refractivity contribution in [2.45, 2.75) is 19.9 Å². The summed E-state index contributed by atoms with van der Waals surface area (Å²) in [6.45, 7) is 4.17. The number of hydrogen-bond acceptors (Lipinski definition) is 2. The van der Waals surface area contributed by atoms with Crippen molar-refractivity contribution in [3.05, 3.63) is 60.3 Å². The first-order valence-corrected chi connectivity index (χ1v) is 6.99. The molecule has 1 heterocycles. The molecule has 0 atom stereocenters. The zero-order chi connectivity index (χ0) is 14.8. The Morgan fingerprint density at radius 3 is 2.57 bits per heavy atom. The van der Waals surface area contributed by atoms with Gasteiger partial charge in [-0.15, -0.1) is 0 Å². The summed E-state index contributed by atoms with van der Waals surface area (Å²) in [7, 11) is 0. The van der Waals surface area contributed by atoms with Gasteiger partial charge in [-0.3, -0.25) is 9.48 Å². The van der Waals surface area contributed by atoms with Gasteiger partial charge in [0.05, 0.1) is 17.4 Å². The standard InChI is InChI=1S/C17H17N3O/c1-12(2)20-16-10-6-9-15(14(16)11-18-20)19-17(21)13-7-4-3-5-8-13/h3-12H,1-2H3,(H,19,21). The highest BCUT2D eigenvalue weighted by Crippen LogP contribution is 2.25. The maximum atomic E-state index is 12.3. The topological polar surface area (TPSA) is 46.9 Å². The quantitative estimate of drug-likeness (QED) is 0.791. The molecule has 1 amide bonds. The van der Waals surface area contributed by atoms with E-state index in [2.05, 4.69) is 24.3 Å². The molecule has 0 radical (unpaired) electrons. The molecule has 0 fully saturated rings. The first kappa shape index (κ1) is 13.4. The summed E-state index contributed by atoms with van der Waals surface area (Å²) in [6, 6.07) is 15.3. The van der Waals surface area contributed by atoms with Crippen molar-refractivity contribution in [2.24, 2.45) is 0 Å². The van der Waals surface area contributed by atoms with Crippen LogP contribution < -0.4 is 5.32 Å². The molecule has 4 heteroatoms. The van der Waals surface area contributed by atoms with Gasteiger partial charge in [0.25, 0.3) is 5.91 Å². The molecule has 4 nitrogen and oxygen atoms in total. The van der Waals surface area contributed by atoms with E-state index in [0.717, 1.165) is 16.6 Å². The van der Waals surface area contributed by atoms with Gasteiger partial charge >= 0.3 is 0 Å². The Kier molecular flexibility index (Phi) is 3.44. The Hall–Kier alpha value is -2.62. The van der Waals surface area contributed by atoms with Crippen molar-refractivity contribution in [3.63, 3.8) is 0 Å². The van der Waals surface area contributed by atoms with Crippen molar-refractivity contribution >= 4 is 22.5 Å². The average Bonchev–Trinajstić information content (AvgIpc) is 2.93. The molecule has 0 unspecified atom stereocenters. The minimum absolute atomic E-state index is 0.111. The van der Waals surface area contributed by atoms with E-state index < -0.39 is 0 Å². The van der Waals surface area contributed by atoms with E-state index in [-0.39, 0.29) is 11.9 Å². The van der Waals surface area contributed by atoms with Gasteiger partial charge in [-0.1, -0.05) is 24.3 Å². The predicted octanol–water partition coefficient (Wildman–Crippen LogP) is 3.87. The van der Waals surface area contributed by atoms with Crippen LogP contribution in [-0.2, 0) is 0 Å². The summed E-state index contributed by atoms with van der Waals surface area (Å²) in [5, 5.41) is 8.32. The molecule has 0 spiro atoms. The van der Waals surface area contributed by atoms with E-state index in [4.69, 9.17) is 0 Å². The number of nitrogens with zero attached hydrogens (tertiary/aromatic N) is 2. The molecule has 0 saturated heterocycles. The Labute approximate surface area is 123 Å². The lowest BCUT2D eigenvalue weighted by molar-refractivity contribution is 0.102. The summed E-state index contributed by atoms with van der Waals surface area (Å²) >= 11 is 0. The van der Waals surface area contributed by atoms with Crippen molar-refractivity contribution in [3.8, 4) is 0 Å². The Morgan fingerprint density at radius 1 is 1.10 bits per heavy atom. The largest absolute Gasteiger partial charge is 0.321 e. The van der Waals surface area contributed by atoms with E-state index >= 15 is 0 Å². The molecule has 2 aromatic carbocycles. The van der Waals surface area contributed by atoms with Crippen molar-refractivity contribution in [1.82, 2.24) is 9.78 Å². The van der Waals surface area contributed by atoms with E-state index in [9.17, 15) is 4.79 Å². The lowest BCUT2D eigenvalue weighted by atomic mass is 10.2. The number of anilines is 1. The number of rotatable bonds is 3. The number of carbonyl (C=O) groups excluding carboxylic acids is 1. The number of nitrogens with one attached hydrogen (secondary N) is 1. The van der Waals surface area contributed by atoms with E-state index in [1.54, 1.807) is 18.3 Å². The zero-order valence-corrected chi connectivity index (χ0v) is 12.1. The molecular weight excluding hydrogens is 262 g/mol. The maximum absolute atomic E-state index is 12.3. The highest BCUT2D eigenvalue weighted by Gasteiger charge is 2.11. The number of amides is 1. The third kappa shape index (κ3) is 2.52. The van der Waals surface area contributed by atoms with Crippen LogP contribution in [0.2, 0.25) is 0 Å². The lowest BCUT2D eigenvalue weighted by Gasteiger charge is -2.09. The van der Waals surface area contributed by atoms with E-state index in [0.29, 0.717) is 5.56 Å². The summed E-state index contributed by atoms with van der Waals surface area (Å²) < 4.78 is 1.95. The molecule has 0 aliphatic heterocycles. The molecular formula is C17H17N3O. The lowest BCUT2D eigenvalue weighted by Crippen LogP contribution is -2.11. The Morgan fingerprint density at radius 2 is 1.86 bits per heavy atom. The minimum atomic E-state index is -0.111. The predicted molar refractivity (Wildman–Crippen MR) is 84.5 cm³/mol. The summed E-state index contributed by atoms with van der Waals surface area (Å²) in [5.74, 6) is -0.111. The van der Waals surface area contributed by atoms with Gasteiger partial charge < -0.3 is 5.32 Å². The molecule has 3 rings (SSSR count). The molecule has 106 valence electrons. The van der Waals surface area contributed by atoms with Gasteiger partial charge in [0.15, 0.2) is 0 Å². The first-order valence-electron chi connectivity index (χ1n) is 6.99. The molecule has 1 aromatic heterocycles. The van der Waals surface area contributed by atoms with Gasteiger partial charge in [-0.25, -0.2) is 0 Å². The van der Waals surface area contributed by atoms with E-state index in [1.165, 1.54) is 0 Å². The smallest absolute Gasteiger partial charge is 0.255 e. The van der Waals surface area contributed by atoms with Crippen LogP contribution in [-0.4, -0.2) is 15.7 Å². The van der Waals surface area contributed by atoms with Gasteiger partial charge in [0.2, 0.25) is 0 Å². The number of fused-ring (bicyclic) bond motifs is 1. The molecule has 0 bridgehead atoms. The number of aromatic nitrogens is 2. The first-order chi connectivity index (χ1) is 10.2. The van der Waals surface area contributed by atoms with Gasteiger partial charge in [-0.2, -0.15) is 5.10 Å². The summed E-state index contributed by atoms with van der Waals surface area (Å²) in [5.41, 5.74) is 2.45. The highest BCUT2D eigenvalue weighted by molar-refractivity contribution is 6.08. The second kappa shape index (κ2) is 5.40. The molecule has 21 heavy (non-hydrogen) atoms. The fourth-order valence-electron chi connectivity index (χ4n) is 2.38. The van der Waals surface area contributed by atoms with Crippen LogP contribution in [0.3, 0.4) is 0 Å². The minimum Gasteiger partial charge on any atom is -0.321 e.